The highest BCUT2D eigenvalue weighted by Gasteiger charge is 2.47. The van der Waals surface area contributed by atoms with Gasteiger partial charge in [0.25, 0.3) is 5.91 Å². The number of hydrogen-bond donors (Lipinski definition) is 1. The molecule has 4 aromatic rings. The first-order valence-electron chi connectivity index (χ1n) is 17.6. The van der Waals surface area contributed by atoms with E-state index in [-0.39, 0.29) is 16.9 Å². The lowest BCUT2D eigenvalue weighted by atomic mass is 9.83. The summed E-state index contributed by atoms with van der Waals surface area (Å²) in [4.78, 5) is 40.0. The molecule has 4 heterocycles. The van der Waals surface area contributed by atoms with Crippen molar-refractivity contribution in [3.05, 3.63) is 83.3 Å². The number of carbonyl (C=O) groups is 2. The van der Waals surface area contributed by atoms with E-state index in [1.807, 2.05) is 62.1 Å². The molecule has 272 valence electrons. The van der Waals surface area contributed by atoms with E-state index in [1.165, 1.54) is 0 Å². The molecule has 13 heteroatoms. The number of nitrogens with zero attached hydrogens (tertiary/aromatic N) is 7. The summed E-state index contributed by atoms with van der Waals surface area (Å²) in [6.07, 6.45) is 2.75. The number of rotatable bonds is 8. The summed E-state index contributed by atoms with van der Waals surface area (Å²) in [5.74, 6) is 0.150. The number of hydrogen-bond acceptors (Lipinski definition) is 9. The lowest BCUT2D eigenvalue weighted by molar-refractivity contribution is 0.0574. The first-order valence-corrected chi connectivity index (χ1v) is 20.5. The van der Waals surface area contributed by atoms with Gasteiger partial charge in [-0.1, -0.05) is 58.0 Å². The number of amides is 2. The van der Waals surface area contributed by atoms with Gasteiger partial charge in [-0.25, -0.2) is 14.8 Å². The second kappa shape index (κ2) is 13.5. The van der Waals surface area contributed by atoms with Gasteiger partial charge in [0, 0.05) is 43.4 Å². The van der Waals surface area contributed by atoms with Crippen LogP contribution in [0.4, 0.5) is 22.1 Å². The molecule has 1 atom stereocenters. The molecule has 2 aromatic carbocycles. The van der Waals surface area contributed by atoms with E-state index in [2.05, 4.69) is 62.3 Å². The number of anilines is 3. The molecule has 0 fully saturated rings. The zero-order chi connectivity index (χ0) is 37.6. The van der Waals surface area contributed by atoms with Crippen molar-refractivity contribution in [1.82, 2.24) is 24.6 Å². The molecule has 6 rings (SSSR count). The van der Waals surface area contributed by atoms with E-state index < -0.39 is 25.4 Å². The molecule has 0 spiro atoms. The van der Waals surface area contributed by atoms with Crippen LogP contribution >= 0.6 is 0 Å². The summed E-state index contributed by atoms with van der Waals surface area (Å²) in [6, 6.07) is 17.8. The van der Waals surface area contributed by atoms with Crippen LogP contribution in [0.3, 0.4) is 0 Å². The average Bonchev–Trinajstić information content (AvgIpc) is 3.63. The van der Waals surface area contributed by atoms with Crippen molar-refractivity contribution in [2.75, 3.05) is 29.9 Å². The molecule has 2 amide bonds. The Kier molecular flexibility index (Phi) is 9.52. The fourth-order valence-electron chi connectivity index (χ4n) is 6.28. The van der Waals surface area contributed by atoms with E-state index in [0.29, 0.717) is 66.7 Å². The van der Waals surface area contributed by atoms with Gasteiger partial charge in [0.2, 0.25) is 5.95 Å². The quantitative estimate of drug-likeness (QED) is 0.182. The maximum Gasteiger partial charge on any atom is 0.414 e. The molecule has 2 aliphatic rings. The van der Waals surface area contributed by atoms with Crippen LogP contribution in [0.2, 0.25) is 18.1 Å². The average molecular weight is 721 g/mol. The smallest absolute Gasteiger partial charge is 0.414 e. The molecule has 12 nitrogen and oxygen atoms in total. The molecule has 52 heavy (non-hydrogen) atoms. The number of benzene rings is 2. The Labute approximate surface area is 306 Å². The maximum absolute atomic E-state index is 13.7. The van der Waals surface area contributed by atoms with Crippen molar-refractivity contribution < 1.29 is 18.8 Å². The summed E-state index contributed by atoms with van der Waals surface area (Å²) >= 11 is 0. The summed E-state index contributed by atoms with van der Waals surface area (Å²) < 4.78 is 14.3. The molecular weight excluding hydrogens is 673 g/mol. The van der Waals surface area contributed by atoms with Crippen LogP contribution in [0.1, 0.15) is 75.6 Å². The number of aromatic nitrogens is 4. The third-order valence-electron chi connectivity index (χ3n) is 10.2. The van der Waals surface area contributed by atoms with Crippen molar-refractivity contribution in [1.29, 1.82) is 5.26 Å². The fourth-order valence-corrected chi connectivity index (χ4v) is 7.39. The molecule has 2 aromatic heterocycles. The van der Waals surface area contributed by atoms with Gasteiger partial charge in [0.15, 0.2) is 8.32 Å². The van der Waals surface area contributed by atoms with Gasteiger partial charge >= 0.3 is 6.09 Å². The zero-order valence-corrected chi connectivity index (χ0v) is 32.6. The minimum atomic E-state index is -2.17. The van der Waals surface area contributed by atoms with Crippen LogP contribution in [0.15, 0.2) is 60.9 Å². The first kappa shape index (κ1) is 36.7. The highest BCUT2D eigenvalue weighted by atomic mass is 28.4. The Balaban J connectivity index is 1.33. The van der Waals surface area contributed by atoms with Gasteiger partial charge in [-0.05, 0) is 68.2 Å². The standard InChI is InChI=1S/C39H48N8O4Si/c1-37(2,3)51-36(49)46-24-39(7,25-50-52(8,9)38(4,5)6)29-20-27(19-28(21-40)32(29)46)30-15-16-41-35(43-30)44-31-22-42-47-18-17-45(34(48)33(31)47)23-26-13-11-10-12-14-26/h10-16,19-20,22H,17-18,23-25H2,1-9H3,(H,41,43,44)/t39-/m1/s1. The molecule has 0 radical (unpaired) electrons. The maximum atomic E-state index is 13.7. The molecule has 1 N–H and O–H groups in total. The third kappa shape index (κ3) is 7.31. The number of fused-ring (bicyclic) bond motifs is 2. The van der Waals surface area contributed by atoms with Crippen LogP contribution in [0.25, 0.3) is 11.3 Å². The third-order valence-corrected chi connectivity index (χ3v) is 14.6. The van der Waals surface area contributed by atoms with Gasteiger partial charge in [0.1, 0.15) is 17.4 Å². The molecule has 0 unspecified atom stereocenters. The number of nitriles is 1. The molecule has 0 bridgehead atoms. The van der Waals surface area contributed by atoms with E-state index in [9.17, 15) is 14.9 Å². The van der Waals surface area contributed by atoms with Gasteiger partial charge in [0.05, 0.1) is 35.4 Å². The number of nitrogens with one attached hydrogen (secondary N) is 1. The number of carbonyl (C=O) groups excluding carboxylic acids is 2. The predicted molar refractivity (Wildman–Crippen MR) is 203 cm³/mol. The van der Waals surface area contributed by atoms with Crippen LogP contribution in [-0.4, -0.2) is 70.3 Å². The Morgan fingerprint density at radius 2 is 1.81 bits per heavy atom. The lowest BCUT2D eigenvalue weighted by Crippen LogP contribution is -2.46. The summed E-state index contributed by atoms with van der Waals surface area (Å²) in [5.41, 5.74) is 3.58. The van der Waals surface area contributed by atoms with Gasteiger partial charge in [-0.15, -0.1) is 0 Å². The molecule has 0 saturated heterocycles. The van der Waals surface area contributed by atoms with Crippen LogP contribution < -0.4 is 10.2 Å². The molecule has 0 aliphatic carbocycles. The fraction of sp³-hybridized carbons (Fsp3) is 0.436. The second-order valence-electron chi connectivity index (χ2n) is 16.4. The minimum Gasteiger partial charge on any atom is -0.443 e. The largest absolute Gasteiger partial charge is 0.443 e. The van der Waals surface area contributed by atoms with Gasteiger partial charge < -0.3 is 19.4 Å². The van der Waals surface area contributed by atoms with Crippen molar-refractivity contribution >= 4 is 37.6 Å². The normalized spacial score (nSPS) is 17.4. The zero-order valence-electron chi connectivity index (χ0n) is 31.6. The SMILES string of the molecule is CC(C)(C)OC(=O)N1C[C@](C)(CO[Si](C)(C)C(C)(C)C)c2cc(-c3ccnc(Nc4cnn5c4C(=O)N(Cc4ccccc4)CC5)n3)cc(C#N)c21. The monoisotopic (exact) mass is 720 g/mol. The summed E-state index contributed by atoms with van der Waals surface area (Å²) in [7, 11) is -2.17. The van der Waals surface area contributed by atoms with E-state index in [0.717, 1.165) is 11.1 Å². The van der Waals surface area contributed by atoms with Crippen LogP contribution in [-0.2, 0) is 27.7 Å². The van der Waals surface area contributed by atoms with E-state index in [1.54, 1.807) is 34.1 Å². The lowest BCUT2D eigenvalue weighted by Gasteiger charge is -2.39. The Hall–Kier alpha value is -5.06. The molecule has 0 saturated carbocycles. The number of ether oxygens (including phenoxy) is 1. The highest BCUT2D eigenvalue weighted by molar-refractivity contribution is 6.74. The minimum absolute atomic E-state index is 0.0144. The van der Waals surface area contributed by atoms with Crippen LogP contribution in [0, 0.1) is 11.3 Å². The Bertz CT molecular complexity index is 2040. The molecule has 2 aliphatic heterocycles. The Morgan fingerprint density at radius 1 is 1.08 bits per heavy atom. The molecular formula is C39H48N8O4Si. The van der Waals surface area contributed by atoms with Crippen molar-refractivity contribution in [3.8, 4) is 17.3 Å². The van der Waals surface area contributed by atoms with Crippen molar-refractivity contribution in [2.24, 2.45) is 0 Å². The first-order chi connectivity index (χ1) is 24.4. The summed E-state index contributed by atoms with van der Waals surface area (Å²) in [6.45, 7) is 20.8. The predicted octanol–water partition coefficient (Wildman–Crippen LogP) is 7.65. The van der Waals surface area contributed by atoms with E-state index >= 15 is 0 Å². The second-order valence-corrected chi connectivity index (χ2v) is 21.2. The summed E-state index contributed by atoms with van der Waals surface area (Å²) in [5, 5.41) is 18.1. The topological polar surface area (TPSA) is 138 Å². The van der Waals surface area contributed by atoms with Gasteiger partial charge in [-0.2, -0.15) is 10.4 Å². The Morgan fingerprint density at radius 3 is 2.48 bits per heavy atom. The van der Waals surface area contributed by atoms with E-state index in [4.69, 9.17) is 14.1 Å². The van der Waals surface area contributed by atoms with Crippen LogP contribution in [0.5, 0.6) is 0 Å². The van der Waals surface area contributed by atoms with Crippen molar-refractivity contribution in [3.63, 3.8) is 0 Å². The van der Waals surface area contributed by atoms with Crippen molar-refractivity contribution in [2.45, 2.75) is 90.7 Å². The van der Waals surface area contributed by atoms with Gasteiger partial charge in [-0.3, -0.25) is 14.4 Å². The highest BCUT2D eigenvalue weighted by Crippen LogP contribution is 2.47.